The van der Waals surface area contributed by atoms with Gasteiger partial charge in [0.15, 0.2) is 11.5 Å². The van der Waals surface area contributed by atoms with Crippen LogP contribution in [0.1, 0.15) is 16.5 Å². The maximum absolute atomic E-state index is 10.2. The summed E-state index contributed by atoms with van der Waals surface area (Å²) in [6, 6.07) is 10.2. The third-order valence-electron chi connectivity index (χ3n) is 4.89. The number of hydrogen-bond donors (Lipinski definition) is 3. The van der Waals surface area contributed by atoms with E-state index in [9.17, 15) is 5.11 Å². The van der Waals surface area contributed by atoms with Gasteiger partial charge in [0.05, 0.1) is 25.6 Å². The Morgan fingerprint density at radius 2 is 2.04 bits per heavy atom. The van der Waals surface area contributed by atoms with Crippen LogP contribution in [0.5, 0.6) is 11.5 Å². The van der Waals surface area contributed by atoms with Gasteiger partial charge in [0.1, 0.15) is 32.2 Å². The van der Waals surface area contributed by atoms with E-state index < -0.39 is 0 Å². The van der Waals surface area contributed by atoms with Crippen molar-refractivity contribution in [3.8, 4) is 11.5 Å². The average Bonchev–Trinajstić information content (AvgIpc) is 3.15. The Bertz CT molecular complexity index is 695. The van der Waals surface area contributed by atoms with Crippen molar-refractivity contribution in [3.63, 3.8) is 0 Å². The number of quaternary nitrogens is 2. The predicted molar refractivity (Wildman–Crippen MR) is 101 cm³/mol. The molecule has 134 valence electrons. The molecule has 1 atom stereocenters. The highest BCUT2D eigenvalue weighted by Crippen LogP contribution is 2.28. The highest BCUT2D eigenvalue weighted by molar-refractivity contribution is 7.10. The second-order valence-electron chi connectivity index (χ2n) is 6.58. The van der Waals surface area contributed by atoms with E-state index in [4.69, 9.17) is 4.74 Å². The molecule has 0 aliphatic carbocycles. The number of piperazine rings is 1. The molecule has 1 aliphatic rings. The molecular formula is C19H27N3O2S+2. The van der Waals surface area contributed by atoms with E-state index in [1.54, 1.807) is 29.2 Å². The van der Waals surface area contributed by atoms with E-state index in [2.05, 4.69) is 29.6 Å². The van der Waals surface area contributed by atoms with Crippen molar-refractivity contribution in [3.05, 3.63) is 46.2 Å². The molecule has 2 aromatic rings. The van der Waals surface area contributed by atoms with Crippen LogP contribution in [0.15, 0.2) is 40.7 Å². The molecule has 1 aliphatic heterocycles. The molecule has 0 saturated carbocycles. The Balaban J connectivity index is 1.73. The number of aromatic hydroxyl groups is 1. The number of aliphatic imine (C=N–C) groups is 1. The van der Waals surface area contributed by atoms with Crippen LogP contribution in [0.4, 0.5) is 0 Å². The SMILES string of the molecule is COc1cccc(C=NC[C@@H](c2cccs2)[NH+]2CC[NH+](C)CC2)c1O. The first-order valence-corrected chi connectivity index (χ1v) is 9.62. The van der Waals surface area contributed by atoms with Crippen LogP contribution in [0.2, 0.25) is 0 Å². The van der Waals surface area contributed by atoms with Gasteiger partial charge in [0.2, 0.25) is 0 Å². The second-order valence-corrected chi connectivity index (χ2v) is 7.55. The molecule has 1 aromatic carbocycles. The lowest BCUT2D eigenvalue weighted by Gasteiger charge is -2.32. The molecule has 3 N–H and O–H groups in total. The smallest absolute Gasteiger partial charge is 0.166 e. The highest BCUT2D eigenvalue weighted by Gasteiger charge is 2.29. The maximum atomic E-state index is 10.2. The molecule has 1 aromatic heterocycles. The van der Waals surface area contributed by atoms with Crippen molar-refractivity contribution in [2.24, 2.45) is 4.99 Å². The van der Waals surface area contributed by atoms with Gasteiger partial charge in [-0.05, 0) is 23.6 Å². The van der Waals surface area contributed by atoms with Crippen LogP contribution in [0.3, 0.4) is 0 Å². The normalized spacial score (nSPS) is 22.2. The van der Waals surface area contributed by atoms with E-state index in [0.717, 1.165) is 6.54 Å². The first kappa shape index (κ1) is 17.9. The molecule has 0 bridgehead atoms. The lowest BCUT2D eigenvalue weighted by Crippen LogP contribution is -3.27. The number of rotatable bonds is 6. The standard InChI is InChI=1S/C19H25N3O2S/c1-21-8-10-22(11-9-21)16(18-7-4-12-25-18)14-20-13-15-5-3-6-17(24-2)19(15)23/h3-7,12-13,16,23H,8-11,14H2,1-2H3/p+2/t16-/m0/s1. The van der Waals surface area contributed by atoms with Gasteiger partial charge in [-0.3, -0.25) is 4.99 Å². The van der Waals surface area contributed by atoms with Crippen molar-refractivity contribution in [2.45, 2.75) is 6.04 Å². The average molecular weight is 362 g/mol. The number of nitrogens with zero attached hydrogens (tertiary/aromatic N) is 1. The minimum Gasteiger partial charge on any atom is -0.504 e. The fourth-order valence-corrected chi connectivity index (χ4v) is 4.20. The van der Waals surface area contributed by atoms with Crippen molar-refractivity contribution < 1.29 is 19.6 Å². The number of methoxy groups -OCH3 is 1. The molecule has 0 radical (unpaired) electrons. The van der Waals surface area contributed by atoms with Gasteiger partial charge >= 0.3 is 0 Å². The summed E-state index contributed by atoms with van der Waals surface area (Å²) in [5.41, 5.74) is 0.696. The fraction of sp³-hybridized carbons (Fsp3) is 0.421. The van der Waals surface area contributed by atoms with Gasteiger partial charge < -0.3 is 19.6 Å². The number of phenols is 1. The van der Waals surface area contributed by atoms with Gasteiger partial charge in [0, 0.05) is 11.8 Å². The largest absolute Gasteiger partial charge is 0.504 e. The van der Waals surface area contributed by atoms with Gasteiger partial charge in [-0.1, -0.05) is 12.1 Å². The minimum atomic E-state index is 0.150. The quantitative estimate of drug-likeness (QED) is 0.636. The molecule has 3 rings (SSSR count). The van der Waals surface area contributed by atoms with Crippen molar-refractivity contribution in [2.75, 3.05) is 46.9 Å². The molecule has 6 heteroatoms. The van der Waals surface area contributed by atoms with Gasteiger partial charge in [-0.25, -0.2) is 0 Å². The lowest BCUT2D eigenvalue weighted by molar-refractivity contribution is -1.02. The van der Waals surface area contributed by atoms with Crippen LogP contribution in [0, 0.1) is 0 Å². The van der Waals surface area contributed by atoms with Crippen molar-refractivity contribution in [1.82, 2.24) is 0 Å². The highest BCUT2D eigenvalue weighted by atomic mass is 32.1. The van der Waals surface area contributed by atoms with Gasteiger partial charge in [0.25, 0.3) is 0 Å². The summed E-state index contributed by atoms with van der Waals surface area (Å²) in [5, 5.41) is 12.3. The first-order valence-electron chi connectivity index (χ1n) is 8.74. The number of likely N-dealkylation sites (N-methyl/N-ethyl adjacent to an activating group) is 1. The van der Waals surface area contributed by atoms with E-state index in [1.165, 1.54) is 31.1 Å². The summed E-state index contributed by atoms with van der Waals surface area (Å²) in [6.45, 7) is 5.49. The van der Waals surface area contributed by atoms with Crippen LogP contribution in [-0.4, -0.2) is 58.2 Å². The molecule has 5 nitrogen and oxygen atoms in total. The number of hydrogen-bond acceptors (Lipinski definition) is 4. The molecule has 1 saturated heterocycles. The summed E-state index contributed by atoms with van der Waals surface area (Å²) in [6.07, 6.45) is 1.76. The maximum Gasteiger partial charge on any atom is 0.166 e. The Hall–Kier alpha value is -1.89. The number of phenolic OH excluding ortho intramolecular Hbond substituents is 1. The number of benzene rings is 1. The van der Waals surface area contributed by atoms with Crippen LogP contribution in [-0.2, 0) is 0 Å². The molecule has 0 amide bonds. The Labute approximate surface area is 153 Å². The van der Waals surface area contributed by atoms with Gasteiger partial charge in [-0.15, -0.1) is 11.3 Å². The molecule has 0 spiro atoms. The molecule has 25 heavy (non-hydrogen) atoms. The van der Waals surface area contributed by atoms with Gasteiger partial charge in [-0.2, -0.15) is 0 Å². The third kappa shape index (κ3) is 4.39. The van der Waals surface area contributed by atoms with E-state index in [-0.39, 0.29) is 5.75 Å². The Morgan fingerprint density at radius 3 is 2.72 bits per heavy atom. The zero-order chi connectivity index (χ0) is 17.6. The molecular weight excluding hydrogens is 334 g/mol. The van der Waals surface area contributed by atoms with Crippen LogP contribution >= 0.6 is 11.3 Å². The monoisotopic (exact) mass is 361 g/mol. The second kappa shape index (κ2) is 8.47. The van der Waals surface area contributed by atoms with Crippen molar-refractivity contribution >= 4 is 17.6 Å². The minimum absolute atomic E-state index is 0.150. The van der Waals surface area contributed by atoms with E-state index >= 15 is 0 Å². The summed E-state index contributed by atoms with van der Waals surface area (Å²) < 4.78 is 5.16. The summed E-state index contributed by atoms with van der Waals surface area (Å²) in [5.74, 6) is 0.628. The number of para-hydroxylation sites is 1. The molecule has 2 heterocycles. The molecule has 1 fully saturated rings. The first-order chi connectivity index (χ1) is 12.2. The third-order valence-corrected chi connectivity index (χ3v) is 5.88. The predicted octanol–water partition coefficient (Wildman–Crippen LogP) is 0.0357. The van der Waals surface area contributed by atoms with Crippen LogP contribution < -0.4 is 14.5 Å². The van der Waals surface area contributed by atoms with E-state index in [1.807, 2.05) is 23.5 Å². The number of thiophene rings is 1. The summed E-state index contributed by atoms with van der Waals surface area (Å²) >= 11 is 1.81. The van der Waals surface area contributed by atoms with Crippen molar-refractivity contribution in [1.29, 1.82) is 0 Å². The Kier molecular flexibility index (Phi) is 6.07. The Morgan fingerprint density at radius 1 is 1.24 bits per heavy atom. The van der Waals surface area contributed by atoms with E-state index in [0.29, 0.717) is 17.4 Å². The topological polar surface area (TPSA) is 50.7 Å². The fourth-order valence-electron chi connectivity index (χ4n) is 3.32. The number of nitrogens with one attached hydrogen (secondary N) is 2. The lowest BCUT2D eigenvalue weighted by atomic mass is 10.1. The number of ether oxygens (including phenoxy) is 1. The zero-order valence-electron chi connectivity index (χ0n) is 14.9. The zero-order valence-corrected chi connectivity index (χ0v) is 15.7. The summed E-state index contributed by atoms with van der Waals surface area (Å²) in [4.78, 5) is 9.28. The molecule has 0 unspecified atom stereocenters. The summed E-state index contributed by atoms with van der Waals surface area (Å²) in [7, 11) is 3.82. The van der Waals surface area contributed by atoms with Crippen LogP contribution in [0.25, 0.3) is 0 Å².